The SMILES string of the molecule is CC1CCN([C@@H](C)CNC(=O)[C@@H]2CCCN(c3ncccn3)C2)CC1. The third kappa shape index (κ3) is 4.91. The number of rotatable bonds is 5. The normalized spacial score (nSPS) is 24.1. The van der Waals surface area contributed by atoms with Crippen molar-refractivity contribution in [3.8, 4) is 0 Å². The fourth-order valence-corrected chi connectivity index (χ4v) is 3.82. The highest BCUT2D eigenvalue weighted by atomic mass is 16.1. The van der Waals surface area contributed by atoms with E-state index in [9.17, 15) is 4.79 Å². The Morgan fingerprint density at radius 1 is 1.24 bits per heavy atom. The zero-order valence-electron chi connectivity index (χ0n) is 15.5. The molecule has 2 saturated heterocycles. The molecule has 0 radical (unpaired) electrons. The number of likely N-dealkylation sites (tertiary alicyclic amines) is 1. The van der Waals surface area contributed by atoms with Gasteiger partial charge in [-0.25, -0.2) is 9.97 Å². The molecule has 0 saturated carbocycles. The summed E-state index contributed by atoms with van der Waals surface area (Å²) in [6.07, 6.45) is 8.01. The molecule has 0 bridgehead atoms. The van der Waals surface area contributed by atoms with Crippen LogP contribution < -0.4 is 10.2 Å². The monoisotopic (exact) mass is 345 g/mol. The van der Waals surface area contributed by atoms with Gasteiger partial charge in [-0.05, 0) is 57.7 Å². The van der Waals surface area contributed by atoms with Gasteiger partial charge in [0, 0.05) is 38.1 Å². The zero-order valence-corrected chi connectivity index (χ0v) is 15.5. The lowest BCUT2D eigenvalue weighted by Crippen LogP contribution is -2.48. The molecule has 1 N–H and O–H groups in total. The van der Waals surface area contributed by atoms with Gasteiger partial charge in [-0.15, -0.1) is 0 Å². The van der Waals surface area contributed by atoms with Gasteiger partial charge in [-0.1, -0.05) is 6.92 Å². The second-order valence-corrected chi connectivity index (χ2v) is 7.65. The third-order valence-electron chi connectivity index (χ3n) is 5.64. The van der Waals surface area contributed by atoms with Crippen LogP contribution >= 0.6 is 0 Å². The summed E-state index contributed by atoms with van der Waals surface area (Å²) in [7, 11) is 0. The Hall–Kier alpha value is -1.69. The first-order valence-corrected chi connectivity index (χ1v) is 9.67. The number of aromatic nitrogens is 2. The quantitative estimate of drug-likeness (QED) is 0.883. The van der Waals surface area contributed by atoms with Crippen LogP contribution in [0.5, 0.6) is 0 Å². The van der Waals surface area contributed by atoms with Crippen LogP contribution in [0.2, 0.25) is 0 Å². The number of carbonyl (C=O) groups excluding carboxylic acids is 1. The largest absolute Gasteiger partial charge is 0.354 e. The Balaban J connectivity index is 1.46. The van der Waals surface area contributed by atoms with Crippen LogP contribution in [-0.4, -0.2) is 59.5 Å². The first-order valence-electron chi connectivity index (χ1n) is 9.67. The lowest BCUT2D eigenvalue weighted by Gasteiger charge is -2.36. The highest BCUT2D eigenvalue weighted by Gasteiger charge is 2.28. The Morgan fingerprint density at radius 3 is 2.68 bits per heavy atom. The van der Waals surface area contributed by atoms with Crippen LogP contribution in [0.15, 0.2) is 18.5 Å². The van der Waals surface area contributed by atoms with Crippen LogP contribution in [-0.2, 0) is 4.79 Å². The van der Waals surface area contributed by atoms with Crippen molar-refractivity contribution in [2.75, 3.05) is 37.6 Å². The molecule has 3 heterocycles. The molecule has 1 amide bonds. The number of piperidine rings is 2. The molecule has 3 rings (SSSR count). The molecule has 25 heavy (non-hydrogen) atoms. The standard InChI is InChI=1S/C19H31N5O/c1-15-6-11-23(12-7-15)16(2)13-22-18(25)17-5-3-10-24(14-17)19-20-8-4-9-21-19/h4,8-9,15-17H,3,5-7,10-14H2,1-2H3,(H,22,25)/t16-,17+/m0/s1. The molecule has 6 heteroatoms. The summed E-state index contributed by atoms with van der Waals surface area (Å²) >= 11 is 0. The highest BCUT2D eigenvalue weighted by Crippen LogP contribution is 2.21. The summed E-state index contributed by atoms with van der Waals surface area (Å²) in [5, 5.41) is 3.18. The Kier molecular flexibility index (Phi) is 6.24. The van der Waals surface area contributed by atoms with Crippen LogP contribution in [0.4, 0.5) is 5.95 Å². The molecule has 138 valence electrons. The summed E-state index contributed by atoms with van der Waals surface area (Å²) in [5.74, 6) is 1.78. The van der Waals surface area contributed by atoms with Crippen molar-refractivity contribution < 1.29 is 4.79 Å². The first kappa shape index (κ1) is 18.1. The number of nitrogens with zero attached hydrogens (tertiary/aromatic N) is 4. The van der Waals surface area contributed by atoms with E-state index in [1.165, 1.54) is 12.8 Å². The van der Waals surface area contributed by atoms with Gasteiger partial charge in [0.1, 0.15) is 0 Å². The minimum atomic E-state index is 0.0335. The van der Waals surface area contributed by atoms with Gasteiger partial charge in [0.15, 0.2) is 0 Å². The molecular formula is C19H31N5O. The lowest BCUT2D eigenvalue weighted by atomic mass is 9.97. The molecule has 1 aromatic heterocycles. The van der Waals surface area contributed by atoms with Crippen LogP contribution in [0, 0.1) is 11.8 Å². The molecule has 0 spiro atoms. The molecule has 0 aliphatic carbocycles. The number of nitrogens with one attached hydrogen (secondary N) is 1. The molecule has 0 aromatic carbocycles. The van der Waals surface area contributed by atoms with Crippen molar-refractivity contribution >= 4 is 11.9 Å². The first-order chi connectivity index (χ1) is 12.1. The Bertz CT molecular complexity index is 544. The maximum absolute atomic E-state index is 12.6. The average molecular weight is 345 g/mol. The van der Waals surface area contributed by atoms with E-state index < -0.39 is 0 Å². The van der Waals surface area contributed by atoms with Gasteiger partial charge < -0.3 is 10.2 Å². The van der Waals surface area contributed by atoms with Gasteiger partial charge >= 0.3 is 0 Å². The molecule has 1 aromatic rings. The van der Waals surface area contributed by atoms with E-state index in [1.54, 1.807) is 12.4 Å². The summed E-state index contributed by atoms with van der Waals surface area (Å²) in [4.78, 5) is 25.9. The van der Waals surface area contributed by atoms with Crippen molar-refractivity contribution in [2.24, 2.45) is 11.8 Å². The minimum absolute atomic E-state index is 0.0335. The number of hydrogen-bond acceptors (Lipinski definition) is 5. The molecule has 2 atom stereocenters. The van der Waals surface area contributed by atoms with E-state index in [2.05, 4.69) is 38.9 Å². The zero-order chi connectivity index (χ0) is 17.6. The maximum atomic E-state index is 12.6. The van der Waals surface area contributed by atoms with Gasteiger partial charge in [-0.2, -0.15) is 0 Å². The number of carbonyl (C=O) groups is 1. The third-order valence-corrected chi connectivity index (χ3v) is 5.64. The molecule has 2 aliphatic rings. The van der Waals surface area contributed by atoms with Crippen molar-refractivity contribution in [1.29, 1.82) is 0 Å². The van der Waals surface area contributed by atoms with Crippen LogP contribution in [0.1, 0.15) is 39.5 Å². The molecular weight excluding hydrogens is 314 g/mol. The summed E-state index contributed by atoms with van der Waals surface area (Å²) in [6.45, 7) is 9.24. The van der Waals surface area contributed by atoms with E-state index >= 15 is 0 Å². The van der Waals surface area contributed by atoms with Gasteiger partial charge in [0.05, 0.1) is 5.92 Å². The average Bonchev–Trinajstić information content (AvgIpc) is 2.67. The van der Waals surface area contributed by atoms with Gasteiger partial charge in [0.25, 0.3) is 0 Å². The van der Waals surface area contributed by atoms with E-state index in [0.29, 0.717) is 12.6 Å². The second kappa shape index (κ2) is 8.61. The second-order valence-electron chi connectivity index (χ2n) is 7.65. The topological polar surface area (TPSA) is 61.4 Å². The maximum Gasteiger partial charge on any atom is 0.225 e. The van der Waals surface area contributed by atoms with Crippen molar-refractivity contribution in [3.63, 3.8) is 0 Å². The van der Waals surface area contributed by atoms with E-state index in [1.807, 2.05) is 6.07 Å². The van der Waals surface area contributed by atoms with E-state index in [4.69, 9.17) is 0 Å². The van der Waals surface area contributed by atoms with Crippen molar-refractivity contribution in [1.82, 2.24) is 20.2 Å². The Morgan fingerprint density at radius 2 is 1.96 bits per heavy atom. The lowest BCUT2D eigenvalue weighted by molar-refractivity contribution is -0.125. The summed E-state index contributed by atoms with van der Waals surface area (Å²) < 4.78 is 0. The van der Waals surface area contributed by atoms with Crippen molar-refractivity contribution in [2.45, 2.75) is 45.6 Å². The predicted molar refractivity (Wildman–Crippen MR) is 99.4 cm³/mol. The van der Waals surface area contributed by atoms with E-state index in [0.717, 1.165) is 50.9 Å². The molecule has 2 aliphatic heterocycles. The van der Waals surface area contributed by atoms with Crippen LogP contribution in [0.25, 0.3) is 0 Å². The minimum Gasteiger partial charge on any atom is -0.354 e. The summed E-state index contributed by atoms with van der Waals surface area (Å²) in [6, 6.07) is 2.23. The highest BCUT2D eigenvalue weighted by molar-refractivity contribution is 5.79. The fourth-order valence-electron chi connectivity index (χ4n) is 3.82. The number of amides is 1. The van der Waals surface area contributed by atoms with Crippen molar-refractivity contribution in [3.05, 3.63) is 18.5 Å². The number of hydrogen-bond donors (Lipinski definition) is 1. The Labute approximate surface area is 151 Å². The predicted octanol–water partition coefficient (Wildman–Crippen LogP) is 1.93. The van der Waals surface area contributed by atoms with Crippen LogP contribution in [0.3, 0.4) is 0 Å². The van der Waals surface area contributed by atoms with Gasteiger partial charge in [0.2, 0.25) is 11.9 Å². The molecule has 2 fully saturated rings. The van der Waals surface area contributed by atoms with E-state index in [-0.39, 0.29) is 11.8 Å². The summed E-state index contributed by atoms with van der Waals surface area (Å²) in [5.41, 5.74) is 0. The molecule has 6 nitrogen and oxygen atoms in total. The van der Waals surface area contributed by atoms with Gasteiger partial charge in [-0.3, -0.25) is 9.69 Å². The molecule has 0 unspecified atom stereocenters. The smallest absolute Gasteiger partial charge is 0.225 e. The number of anilines is 1. The fraction of sp³-hybridized carbons (Fsp3) is 0.737.